The van der Waals surface area contributed by atoms with E-state index < -0.39 is 0 Å². The second-order valence-electron chi connectivity index (χ2n) is 5.96. The summed E-state index contributed by atoms with van der Waals surface area (Å²) < 4.78 is 24.3. The summed E-state index contributed by atoms with van der Waals surface area (Å²) in [5.74, 6) is 0.951. The van der Waals surface area contributed by atoms with Gasteiger partial charge in [0.05, 0.1) is 6.04 Å². The van der Waals surface area contributed by atoms with Gasteiger partial charge in [-0.2, -0.15) is 0 Å². The summed E-state index contributed by atoms with van der Waals surface area (Å²) in [6.45, 7) is 0.994. The molecule has 4 rings (SSSR count). The molecule has 3 aromatic rings. The van der Waals surface area contributed by atoms with Gasteiger partial charge in [0.25, 0.3) is 0 Å². The first kappa shape index (κ1) is 17.4. The summed E-state index contributed by atoms with van der Waals surface area (Å²) in [5.41, 5.74) is 1.40. The number of urea groups is 1. The van der Waals surface area contributed by atoms with Crippen molar-refractivity contribution in [2.75, 3.05) is 18.5 Å². The highest BCUT2D eigenvalue weighted by molar-refractivity contribution is 7.10. The van der Waals surface area contributed by atoms with Gasteiger partial charge in [0.15, 0.2) is 11.5 Å². The maximum atomic E-state index is 13.3. The third kappa shape index (κ3) is 4.03. The summed E-state index contributed by atoms with van der Waals surface area (Å²) in [7, 11) is 0. The molecule has 0 saturated heterocycles. The molecule has 1 aliphatic heterocycles. The van der Waals surface area contributed by atoms with E-state index in [0.717, 1.165) is 10.4 Å². The van der Waals surface area contributed by atoms with E-state index in [0.29, 0.717) is 30.4 Å². The van der Waals surface area contributed by atoms with Gasteiger partial charge in [0.2, 0.25) is 0 Å². The van der Waals surface area contributed by atoms with Crippen LogP contribution in [0.15, 0.2) is 60.0 Å². The second-order valence-corrected chi connectivity index (χ2v) is 6.94. The molecule has 2 N–H and O–H groups in total. The van der Waals surface area contributed by atoms with Gasteiger partial charge in [-0.1, -0.05) is 18.2 Å². The molecule has 2 amide bonds. The summed E-state index contributed by atoms with van der Waals surface area (Å²) in [5, 5.41) is 7.70. The number of carbonyl (C=O) groups is 1. The van der Waals surface area contributed by atoms with Crippen LogP contribution < -0.4 is 20.1 Å². The number of hydrogen-bond donors (Lipinski definition) is 2. The first-order chi connectivity index (χ1) is 13.2. The Labute approximate surface area is 159 Å². The predicted molar refractivity (Wildman–Crippen MR) is 102 cm³/mol. The smallest absolute Gasteiger partial charge is 0.320 e. The average molecular weight is 384 g/mol. The molecule has 1 unspecified atom stereocenters. The van der Waals surface area contributed by atoms with Crippen LogP contribution in [0.3, 0.4) is 0 Å². The Morgan fingerprint density at radius 1 is 1.04 bits per heavy atom. The zero-order chi connectivity index (χ0) is 18.6. The lowest BCUT2D eigenvalue weighted by Gasteiger charge is -2.20. The number of halogens is 1. The fourth-order valence-electron chi connectivity index (χ4n) is 2.85. The number of rotatable bonds is 4. The van der Waals surface area contributed by atoms with Crippen molar-refractivity contribution in [2.24, 2.45) is 0 Å². The SMILES string of the molecule is O=C(Nc1ccc2c(c1)OCCO2)NC(c1ccc(F)cc1)c1cccs1. The molecule has 0 fully saturated rings. The summed E-state index contributed by atoms with van der Waals surface area (Å²) in [6, 6.07) is 14.5. The number of amides is 2. The molecule has 0 spiro atoms. The number of nitrogens with one attached hydrogen (secondary N) is 2. The number of ether oxygens (including phenoxy) is 2. The van der Waals surface area contributed by atoms with E-state index in [2.05, 4.69) is 10.6 Å². The van der Waals surface area contributed by atoms with Crippen molar-refractivity contribution < 1.29 is 18.7 Å². The van der Waals surface area contributed by atoms with Crippen LogP contribution in [0.25, 0.3) is 0 Å². The van der Waals surface area contributed by atoms with Crippen LogP contribution in [0, 0.1) is 5.82 Å². The van der Waals surface area contributed by atoms with E-state index in [4.69, 9.17) is 9.47 Å². The Hall–Kier alpha value is -3.06. The lowest BCUT2D eigenvalue weighted by molar-refractivity contribution is 0.171. The van der Waals surface area contributed by atoms with Gasteiger partial charge in [-0.05, 0) is 41.3 Å². The van der Waals surface area contributed by atoms with Crippen molar-refractivity contribution in [1.29, 1.82) is 0 Å². The van der Waals surface area contributed by atoms with Crippen LogP contribution in [0.4, 0.5) is 14.9 Å². The zero-order valence-corrected chi connectivity index (χ0v) is 15.1. The standard InChI is InChI=1S/C20H17FN2O3S/c21-14-5-3-13(4-6-14)19(18-2-1-11-27-18)23-20(24)22-15-7-8-16-17(12-15)26-10-9-25-16/h1-8,11-12,19H,9-10H2,(H2,22,23,24). The molecule has 1 aliphatic rings. The Kier molecular flexibility index (Phi) is 4.93. The van der Waals surface area contributed by atoms with E-state index in [-0.39, 0.29) is 17.9 Å². The van der Waals surface area contributed by atoms with Gasteiger partial charge in [0.1, 0.15) is 19.0 Å². The van der Waals surface area contributed by atoms with Crippen molar-refractivity contribution in [3.8, 4) is 11.5 Å². The number of carbonyl (C=O) groups excluding carboxylic acids is 1. The summed E-state index contributed by atoms with van der Waals surface area (Å²) >= 11 is 1.52. The van der Waals surface area contributed by atoms with Gasteiger partial charge in [0, 0.05) is 16.6 Å². The monoisotopic (exact) mass is 384 g/mol. The molecule has 2 aromatic carbocycles. The third-order valence-corrected chi connectivity index (χ3v) is 5.04. The summed E-state index contributed by atoms with van der Waals surface area (Å²) in [4.78, 5) is 13.5. The van der Waals surface area contributed by atoms with E-state index in [1.54, 1.807) is 30.3 Å². The van der Waals surface area contributed by atoms with E-state index >= 15 is 0 Å². The van der Waals surface area contributed by atoms with Gasteiger partial charge in [-0.15, -0.1) is 11.3 Å². The van der Waals surface area contributed by atoms with Gasteiger partial charge in [-0.25, -0.2) is 9.18 Å². The quantitative estimate of drug-likeness (QED) is 0.693. The number of fused-ring (bicyclic) bond motifs is 1. The highest BCUT2D eigenvalue weighted by Gasteiger charge is 2.19. The van der Waals surface area contributed by atoms with Crippen LogP contribution in [0.1, 0.15) is 16.5 Å². The third-order valence-electron chi connectivity index (χ3n) is 4.11. The first-order valence-electron chi connectivity index (χ1n) is 8.45. The number of anilines is 1. The van der Waals surface area contributed by atoms with Crippen LogP contribution in [0.2, 0.25) is 0 Å². The normalized spacial score (nSPS) is 13.7. The lowest BCUT2D eigenvalue weighted by Crippen LogP contribution is -2.32. The van der Waals surface area contributed by atoms with Gasteiger partial charge < -0.3 is 20.1 Å². The number of benzene rings is 2. The highest BCUT2D eigenvalue weighted by atomic mass is 32.1. The Balaban J connectivity index is 1.51. The van der Waals surface area contributed by atoms with Crippen molar-refractivity contribution in [1.82, 2.24) is 5.32 Å². The van der Waals surface area contributed by atoms with Crippen molar-refractivity contribution >= 4 is 23.1 Å². The molecular formula is C20H17FN2O3S. The molecule has 0 bridgehead atoms. The maximum Gasteiger partial charge on any atom is 0.320 e. The average Bonchev–Trinajstić information content (AvgIpc) is 3.21. The van der Waals surface area contributed by atoms with Crippen LogP contribution >= 0.6 is 11.3 Å². The molecule has 0 radical (unpaired) electrons. The van der Waals surface area contributed by atoms with Crippen LogP contribution in [-0.2, 0) is 0 Å². The molecule has 0 aliphatic carbocycles. The van der Waals surface area contributed by atoms with E-state index in [9.17, 15) is 9.18 Å². The van der Waals surface area contributed by atoms with Crippen LogP contribution in [-0.4, -0.2) is 19.2 Å². The predicted octanol–water partition coefficient (Wildman–Crippen LogP) is 4.57. The van der Waals surface area contributed by atoms with Crippen molar-refractivity contribution in [3.05, 3.63) is 76.2 Å². The molecule has 7 heteroatoms. The molecule has 1 atom stereocenters. The van der Waals surface area contributed by atoms with E-state index in [1.165, 1.54) is 23.5 Å². The molecule has 0 saturated carbocycles. The minimum atomic E-state index is -0.372. The lowest BCUT2D eigenvalue weighted by atomic mass is 10.1. The molecule has 27 heavy (non-hydrogen) atoms. The number of hydrogen-bond acceptors (Lipinski definition) is 4. The molecule has 1 aromatic heterocycles. The van der Waals surface area contributed by atoms with Gasteiger partial charge >= 0.3 is 6.03 Å². The van der Waals surface area contributed by atoms with Crippen LogP contribution in [0.5, 0.6) is 11.5 Å². The molecule has 5 nitrogen and oxygen atoms in total. The maximum absolute atomic E-state index is 13.3. The topological polar surface area (TPSA) is 59.6 Å². The molecule has 138 valence electrons. The Morgan fingerprint density at radius 3 is 2.56 bits per heavy atom. The molecule has 2 heterocycles. The molecular weight excluding hydrogens is 367 g/mol. The summed E-state index contributed by atoms with van der Waals surface area (Å²) in [6.07, 6.45) is 0. The fourth-order valence-corrected chi connectivity index (χ4v) is 3.65. The second kappa shape index (κ2) is 7.67. The minimum absolute atomic E-state index is 0.315. The highest BCUT2D eigenvalue weighted by Crippen LogP contribution is 2.33. The minimum Gasteiger partial charge on any atom is -0.486 e. The zero-order valence-electron chi connectivity index (χ0n) is 14.3. The Morgan fingerprint density at radius 2 is 1.81 bits per heavy atom. The van der Waals surface area contributed by atoms with Crippen molar-refractivity contribution in [3.63, 3.8) is 0 Å². The fraction of sp³-hybridized carbons (Fsp3) is 0.150. The van der Waals surface area contributed by atoms with Crippen molar-refractivity contribution in [2.45, 2.75) is 6.04 Å². The van der Waals surface area contributed by atoms with E-state index in [1.807, 2.05) is 17.5 Å². The first-order valence-corrected chi connectivity index (χ1v) is 9.33. The van der Waals surface area contributed by atoms with Gasteiger partial charge in [-0.3, -0.25) is 0 Å². The number of thiophene rings is 1. The Bertz CT molecular complexity index is 929. The largest absolute Gasteiger partial charge is 0.486 e.